The van der Waals surface area contributed by atoms with E-state index in [0.717, 1.165) is 24.4 Å². The van der Waals surface area contributed by atoms with Gasteiger partial charge in [-0.1, -0.05) is 26.7 Å². The second-order valence-corrected chi connectivity index (χ2v) is 6.33. The van der Waals surface area contributed by atoms with Gasteiger partial charge in [-0.2, -0.15) is 0 Å². The Balaban J connectivity index is 1.55. The van der Waals surface area contributed by atoms with Crippen molar-refractivity contribution in [1.29, 1.82) is 0 Å². The first kappa shape index (κ1) is 14.6. The topological polar surface area (TPSA) is 29.9 Å². The van der Waals surface area contributed by atoms with Crippen molar-refractivity contribution in [2.45, 2.75) is 65.0 Å². The Morgan fingerprint density at radius 1 is 1.32 bits per heavy atom. The molecule has 1 saturated carbocycles. The van der Waals surface area contributed by atoms with Gasteiger partial charge in [-0.15, -0.1) is 0 Å². The van der Waals surface area contributed by atoms with E-state index >= 15 is 0 Å². The molecule has 1 heterocycles. The molecule has 1 aliphatic carbocycles. The monoisotopic (exact) mass is 263 g/mol. The zero-order valence-electron chi connectivity index (χ0n) is 12.5. The second-order valence-electron chi connectivity index (χ2n) is 6.33. The Morgan fingerprint density at radius 2 is 2.21 bits per heavy atom. The van der Waals surface area contributed by atoms with Gasteiger partial charge >= 0.3 is 0 Å². The fraction of sp³-hybridized carbons (Fsp3) is 0.812. The van der Waals surface area contributed by atoms with E-state index in [4.69, 9.17) is 0 Å². The molecule has 0 bridgehead atoms. The highest BCUT2D eigenvalue weighted by Crippen LogP contribution is 2.29. The minimum absolute atomic E-state index is 0.773. The van der Waals surface area contributed by atoms with E-state index in [1.165, 1.54) is 45.1 Å². The standard InChI is InChI=1S/C16H29N3/c1-14(2)15-6-5-7-16(12-15)18-8-3-4-10-19-11-9-17-13-19/h9,11,13-16,18H,3-8,10,12H2,1-2H3. The Morgan fingerprint density at radius 3 is 2.95 bits per heavy atom. The number of aryl methyl sites for hydroxylation is 1. The molecule has 19 heavy (non-hydrogen) atoms. The first-order chi connectivity index (χ1) is 9.25. The Labute approximate surface area is 117 Å². The van der Waals surface area contributed by atoms with E-state index in [1.54, 1.807) is 0 Å². The van der Waals surface area contributed by atoms with E-state index in [1.807, 2.05) is 18.7 Å². The van der Waals surface area contributed by atoms with Crippen molar-refractivity contribution in [3.63, 3.8) is 0 Å². The number of hydrogen-bond donors (Lipinski definition) is 1. The number of hydrogen-bond acceptors (Lipinski definition) is 2. The summed E-state index contributed by atoms with van der Waals surface area (Å²) in [7, 11) is 0. The van der Waals surface area contributed by atoms with Crippen LogP contribution in [0.5, 0.6) is 0 Å². The van der Waals surface area contributed by atoms with Gasteiger partial charge in [0.1, 0.15) is 0 Å². The lowest BCUT2D eigenvalue weighted by molar-refractivity contribution is 0.231. The molecule has 1 aliphatic rings. The fourth-order valence-electron chi connectivity index (χ4n) is 3.16. The van der Waals surface area contributed by atoms with Gasteiger partial charge in [-0.05, 0) is 44.1 Å². The molecule has 2 atom stereocenters. The van der Waals surface area contributed by atoms with E-state index in [0.29, 0.717) is 0 Å². The van der Waals surface area contributed by atoms with E-state index < -0.39 is 0 Å². The number of nitrogens with one attached hydrogen (secondary N) is 1. The van der Waals surface area contributed by atoms with Crippen LogP contribution in [0, 0.1) is 11.8 Å². The number of imidazole rings is 1. The summed E-state index contributed by atoms with van der Waals surface area (Å²) < 4.78 is 2.16. The molecule has 3 nitrogen and oxygen atoms in total. The number of rotatable bonds is 7. The van der Waals surface area contributed by atoms with Crippen molar-refractivity contribution in [2.75, 3.05) is 6.54 Å². The van der Waals surface area contributed by atoms with Crippen LogP contribution >= 0.6 is 0 Å². The van der Waals surface area contributed by atoms with Crippen molar-refractivity contribution in [1.82, 2.24) is 14.9 Å². The smallest absolute Gasteiger partial charge is 0.0945 e. The highest BCUT2D eigenvalue weighted by atomic mass is 15.0. The average molecular weight is 263 g/mol. The van der Waals surface area contributed by atoms with E-state index in [2.05, 4.69) is 28.7 Å². The molecule has 1 aromatic rings. The third kappa shape index (κ3) is 4.98. The normalized spacial score (nSPS) is 23.9. The number of aromatic nitrogens is 2. The zero-order valence-corrected chi connectivity index (χ0v) is 12.5. The van der Waals surface area contributed by atoms with Crippen LogP contribution in [0.15, 0.2) is 18.7 Å². The second kappa shape index (κ2) is 7.68. The summed E-state index contributed by atoms with van der Waals surface area (Å²) in [6.45, 7) is 7.02. The summed E-state index contributed by atoms with van der Waals surface area (Å²) in [4.78, 5) is 4.07. The maximum atomic E-state index is 4.07. The molecule has 0 amide bonds. The van der Waals surface area contributed by atoms with Gasteiger partial charge in [-0.3, -0.25) is 0 Å². The summed E-state index contributed by atoms with van der Waals surface area (Å²) in [6, 6.07) is 0.773. The van der Waals surface area contributed by atoms with Crippen LogP contribution in [0.2, 0.25) is 0 Å². The van der Waals surface area contributed by atoms with Crippen molar-refractivity contribution in [3.05, 3.63) is 18.7 Å². The molecule has 0 aromatic carbocycles. The van der Waals surface area contributed by atoms with E-state index in [-0.39, 0.29) is 0 Å². The van der Waals surface area contributed by atoms with Crippen molar-refractivity contribution < 1.29 is 0 Å². The van der Waals surface area contributed by atoms with Crippen molar-refractivity contribution in [3.8, 4) is 0 Å². The van der Waals surface area contributed by atoms with Gasteiger partial charge in [0.15, 0.2) is 0 Å². The van der Waals surface area contributed by atoms with Crippen LogP contribution in [0.25, 0.3) is 0 Å². The molecule has 2 unspecified atom stereocenters. The van der Waals surface area contributed by atoms with Gasteiger partial charge < -0.3 is 9.88 Å². The molecular formula is C16H29N3. The molecule has 1 fully saturated rings. The summed E-state index contributed by atoms with van der Waals surface area (Å²) in [6.07, 6.45) is 13.9. The quantitative estimate of drug-likeness (QED) is 0.763. The molecule has 108 valence electrons. The molecule has 0 spiro atoms. The molecule has 0 aliphatic heterocycles. The third-order valence-corrected chi connectivity index (χ3v) is 4.49. The maximum absolute atomic E-state index is 4.07. The predicted octanol–water partition coefficient (Wildman–Crippen LogP) is 3.47. The summed E-state index contributed by atoms with van der Waals surface area (Å²) in [5, 5.41) is 3.76. The third-order valence-electron chi connectivity index (χ3n) is 4.49. The molecule has 0 saturated heterocycles. The Kier molecular flexibility index (Phi) is 5.90. The summed E-state index contributed by atoms with van der Waals surface area (Å²) >= 11 is 0. The summed E-state index contributed by atoms with van der Waals surface area (Å²) in [5.41, 5.74) is 0. The van der Waals surface area contributed by atoms with Gasteiger partial charge in [0.05, 0.1) is 6.33 Å². The highest BCUT2D eigenvalue weighted by Gasteiger charge is 2.23. The highest BCUT2D eigenvalue weighted by molar-refractivity contribution is 4.79. The Bertz CT molecular complexity index is 332. The van der Waals surface area contributed by atoms with Crippen LogP contribution in [0.1, 0.15) is 52.4 Å². The molecular weight excluding hydrogens is 234 g/mol. The van der Waals surface area contributed by atoms with Gasteiger partial charge in [0.25, 0.3) is 0 Å². The first-order valence-electron chi connectivity index (χ1n) is 7.95. The molecule has 0 radical (unpaired) electrons. The SMILES string of the molecule is CC(C)C1CCCC(NCCCCn2ccnc2)C1. The molecule has 2 rings (SSSR count). The fourth-order valence-corrected chi connectivity index (χ4v) is 3.16. The van der Waals surface area contributed by atoms with Crippen molar-refractivity contribution >= 4 is 0 Å². The zero-order chi connectivity index (χ0) is 13.5. The van der Waals surface area contributed by atoms with Gasteiger partial charge in [-0.25, -0.2) is 4.98 Å². The first-order valence-corrected chi connectivity index (χ1v) is 7.95. The minimum atomic E-state index is 0.773. The van der Waals surface area contributed by atoms with Crippen LogP contribution in [-0.2, 0) is 6.54 Å². The lowest BCUT2D eigenvalue weighted by Gasteiger charge is -2.32. The lowest BCUT2D eigenvalue weighted by atomic mass is 9.79. The molecule has 1 aromatic heterocycles. The van der Waals surface area contributed by atoms with E-state index in [9.17, 15) is 0 Å². The van der Waals surface area contributed by atoms with Gasteiger partial charge in [0.2, 0.25) is 0 Å². The molecule has 1 N–H and O–H groups in total. The largest absolute Gasteiger partial charge is 0.337 e. The van der Waals surface area contributed by atoms with Crippen LogP contribution < -0.4 is 5.32 Å². The average Bonchev–Trinajstić information content (AvgIpc) is 2.92. The van der Waals surface area contributed by atoms with Crippen LogP contribution in [0.3, 0.4) is 0 Å². The number of unbranched alkanes of at least 4 members (excludes halogenated alkanes) is 1. The maximum Gasteiger partial charge on any atom is 0.0945 e. The lowest BCUT2D eigenvalue weighted by Crippen LogP contribution is -2.36. The number of nitrogens with zero attached hydrogens (tertiary/aromatic N) is 2. The summed E-state index contributed by atoms with van der Waals surface area (Å²) in [5.74, 6) is 1.79. The van der Waals surface area contributed by atoms with Crippen LogP contribution in [0.4, 0.5) is 0 Å². The predicted molar refractivity (Wildman–Crippen MR) is 80.0 cm³/mol. The Hall–Kier alpha value is -0.830. The minimum Gasteiger partial charge on any atom is -0.337 e. The van der Waals surface area contributed by atoms with Crippen LogP contribution in [-0.4, -0.2) is 22.1 Å². The molecule has 3 heteroatoms. The van der Waals surface area contributed by atoms with Crippen molar-refractivity contribution in [2.24, 2.45) is 11.8 Å². The van der Waals surface area contributed by atoms with Gasteiger partial charge in [0, 0.05) is 25.0 Å².